The molecule has 2 aliphatic rings. The Morgan fingerprint density at radius 1 is 0.902 bits per heavy atom. The number of aliphatic imine (C=N–C) groups is 1. The van der Waals surface area contributed by atoms with E-state index in [9.17, 15) is 18.4 Å². The molecule has 0 saturated heterocycles. The molecule has 2 unspecified atom stereocenters. The van der Waals surface area contributed by atoms with E-state index in [2.05, 4.69) is 10.2 Å². The Morgan fingerprint density at radius 3 is 2.24 bits per heavy atom. The number of hydrogen-bond donors (Lipinski definition) is 1. The molecule has 0 spiro atoms. The highest BCUT2D eigenvalue weighted by Gasteiger charge is 2.37. The molecule has 0 saturated carbocycles. The summed E-state index contributed by atoms with van der Waals surface area (Å²) in [6.45, 7) is 5.97. The maximum absolute atomic E-state index is 13.9. The van der Waals surface area contributed by atoms with E-state index in [4.69, 9.17) is 4.99 Å². The lowest BCUT2D eigenvalue weighted by molar-refractivity contribution is -0.120. The molecule has 6 nitrogen and oxygen atoms in total. The molecule has 3 aromatic carbocycles. The fraction of sp³-hybridized carbons (Fsp3) is 0.242. The third kappa shape index (κ3) is 6.18. The molecular formula is C33H32F2N4O2. The number of benzene rings is 3. The summed E-state index contributed by atoms with van der Waals surface area (Å²) in [7, 11) is 0. The van der Waals surface area contributed by atoms with Crippen LogP contribution in [0.1, 0.15) is 35.3 Å². The molecule has 8 heteroatoms. The number of fused-ring (bicyclic) bond motifs is 2. The number of carbonyl (C=O) groups is 2. The summed E-state index contributed by atoms with van der Waals surface area (Å²) in [5, 5.41) is 2.87. The van der Waals surface area contributed by atoms with Crippen LogP contribution in [0.4, 0.5) is 20.2 Å². The number of nitrogens with one attached hydrogen (secondary N) is 1. The highest BCUT2D eigenvalue weighted by molar-refractivity contribution is 6.10. The van der Waals surface area contributed by atoms with E-state index < -0.39 is 0 Å². The smallest absolute Gasteiger partial charge is 0.251 e. The predicted molar refractivity (Wildman–Crippen MR) is 157 cm³/mol. The van der Waals surface area contributed by atoms with Crippen molar-refractivity contribution in [2.24, 2.45) is 10.9 Å². The molecule has 2 atom stereocenters. The fourth-order valence-electron chi connectivity index (χ4n) is 5.20. The van der Waals surface area contributed by atoms with E-state index in [1.807, 2.05) is 38.2 Å². The van der Waals surface area contributed by atoms with Crippen LogP contribution in [0, 0.1) is 17.6 Å². The van der Waals surface area contributed by atoms with E-state index in [1.54, 1.807) is 47.4 Å². The molecule has 0 radical (unpaired) electrons. The highest BCUT2D eigenvalue weighted by Crippen LogP contribution is 2.40. The van der Waals surface area contributed by atoms with Gasteiger partial charge in [0.2, 0.25) is 5.91 Å². The minimum Gasteiger partial charge on any atom is -0.348 e. The average molecular weight is 555 g/mol. The van der Waals surface area contributed by atoms with Crippen LogP contribution in [0.5, 0.6) is 0 Å². The molecule has 5 rings (SSSR count). The fourth-order valence-corrected chi connectivity index (χ4v) is 5.20. The Balaban J connectivity index is 1.56. The molecule has 1 aliphatic carbocycles. The number of amides is 2. The lowest BCUT2D eigenvalue weighted by Crippen LogP contribution is -2.49. The molecule has 0 fully saturated rings. The Hall–Kier alpha value is -4.43. The minimum absolute atomic E-state index is 0.0750. The third-order valence-electron chi connectivity index (χ3n) is 7.49. The van der Waals surface area contributed by atoms with Crippen LogP contribution in [0.15, 0.2) is 96.0 Å². The molecule has 0 bridgehead atoms. The van der Waals surface area contributed by atoms with Gasteiger partial charge in [-0.1, -0.05) is 62.4 Å². The number of rotatable bonds is 8. The van der Waals surface area contributed by atoms with Crippen LogP contribution >= 0.6 is 0 Å². The molecule has 3 aromatic rings. The van der Waals surface area contributed by atoms with Gasteiger partial charge in [-0.05, 0) is 66.7 Å². The van der Waals surface area contributed by atoms with E-state index in [0.717, 1.165) is 24.2 Å². The molecule has 41 heavy (non-hydrogen) atoms. The van der Waals surface area contributed by atoms with Gasteiger partial charge in [0.15, 0.2) is 0 Å². The number of nitrogens with zero attached hydrogens (tertiary/aromatic N) is 3. The van der Waals surface area contributed by atoms with Crippen molar-refractivity contribution in [1.29, 1.82) is 0 Å². The standard InChI is InChI=1S/C33H32F2N4O2/c1-3-38(4-2)21-31(40)39-29-8-6-5-7-27(29)32(23-11-16-26(35)17-12-23)37-28-19-24(13-18-30(28)39)33(41)36-20-22-9-14-25(34)15-10-22/h5-19,27,29H,3-4,20-21H2,1-2H3,(H,36,41). The van der Waals surface area contributed by atoms with Gasteiger partial charge in [-0.2, -0.15) is 0 Å². The zero-order valence-electron chi connectivity index (χ0n) is 23.1. The number of likely N-dealkylation sites (N-methyl/N-ethyl adjacent to an activating group) is 1. The van der Waals surface area contributed by atoms with E-state index in [-0.39, 0.29) is 48.5 Å². The summed E-state index contributed by atoms with van der Waals surface area (Å²) in [6, 6.07) is 16.9. The highest BCUT2D eigenvalue weighted by atomic mass is 19.1. The van der Waals surface area contributed by atoms with Gasteiger partial charge in [-0.25, -0.2) is 13.8 Å². The van der Waals surface area contributed by atoms with Crippen LogP contribution in [-0.4, -0.2) is 48.1 Å². The Labute approximate surface area is 238 Å². The maximum atomic E-state index is 13.9. The number of halogens is 2. The molecular weight excluding hydrogens is 522 g/mol. The number of anilines is 1. The van der Waals surface area contributed by atoms with Gasteiger partial charge < -0.3 is 10.2 Å². The van der Waals surface area contributed by atoms with Crippen molar-refractivity contribution in [3.05, 3.63) is 119 Å². The second-order valence-corrected chi connectivity index (χ2v) is 10.0. The van der Waals surface area contributed by atoms with Crippen LogP contribution < -0.4 is 10.2 Å². The van der Waals surface area contributed by atoms with Gasteiger partial charge in [0.1, 0.15) is 11.6 Å². The van der Waals surface area contributed by atoms with E-state index in [0.29, 0.717) is 22.6 Å². The van der Waals surface area contributed by atoms with Crippen LogP contribution in [0.3, 0.4) is 0 Å². The SMILES string of the molecule is CCN(CC)CC(=O)N1c2ccc(C(=O)NCc3ccc(F)cc3)cc2N=C(c2ccc(F)cc2)C2C=CC=CC21. The van der Waals surface area contributed by atoms with Crippen molar-refractivity contribution >= 4 is 28.9 Å². The molecule has 1 heterocycles. The Kier molecular flexibility index (Phi) is 8.50. The third-order valence-corrected chi connectivity index (χ3v) is 7.49. The first-order valence-corrected chi connectivity index (χ1v) is 13.8. The normalized spacial score (nSPS) is 17.5. The lowest BCUT2D eigenvalue weighted by Gasteiger charge is -2.35. The van der Waals surface area contributed by atoms with Crippen molar-refractivity contribution in [2.75, 3.05) is 24.5 Å². The van der Waals surface area contributed by atoms with Crippen molar-refractivity contribution in [3.8, 4) is 0 Å². The molecule has 1 aliphatic heterocycles. The molecule has 210 valence electrons. The van der Waals surface area contributed by atoms with Crippen molar-refractivity contribution < 1.29 is 18.4 Å². The van der Waals surface area contributed by atoms with Crippen LogP contribution in [0.2, 0.25) is 0 Å². The molecule has 2 amide bonds. The first kappa shape index (κ1) is 28.1. The summed E-state index contributed by atoms with van der Waals surface area (Å²) in [5.74, 6) is -1.37. The van der Waals surface area contributed by atoms with Crippen LogP contribution in [-0.2, 0) is 11.3 Å². The summed E-state index contributed by atoms with van der Waals surface area (Å²) in [4.78, 5) is 35.9. The van der Waals surface area contributed by atoms with Gasteiger partial charge in [0, 0.05) is 18.0 Å². The van der Waals surface area contributed by atoms with E-state index in [1.165, 1.54) is 24.3 Å². The largest absolute Gasteiger partial charge is 0.348 e. The summed E-state index contributed by atoms with van der Waals surface area (Å²) < 4.78 is 27.1. The zero-order valence-corrected chi connectivity index (χ0v) is 23.1. The van der Waals surface area contributed by atoms with Crippen molar-refractivity contribution in [2.45, 2.75) is 26.4 Å². The monoisotopic (exact) mass is 554 g/mol. The molecule has 0 aromatic heterocycles. The Morgan fingerprint density at radius 2 is 1.56 bits per heavy atom. The van der Waals surface area contributed by atoms with Crippen molar-refractivity contribution in [1.82, 2.24) is 10.2 Å². The average Bonchev–Trinajstić information content (AvgIpc) is 3.14. The van der Waals surface area contributed by atoms with Gasteiger partial charge >= 0.3 is 0 Å². The van der Waals surface area contributed by atoms with E-state index >= 15 is 0 Å². The summed E-state index contributed by atoms with van der Waals surface area (Å²) in [5.41, 5.74) is 3.63. The zero-order chi connectivity index (χ0) is 28.9. The maximum Gasteiger partial charge on any atom is 0.251 e. The van der Waals surface area contributed by atoms with Crippen LogP contribution in [0.25, 0.3) is 0 Å². The summed E-state index contributed by atoms with van der Waals surface area (Å²) >= 11 is 0. The van der Waals surface area contributed by atoms with Crippen molar-refractivity contribution in [3.63, 3.8) is 0 Å². The second kappa shape index (κ2) is 12.4. The van der Waals surface area contributed by atoms with Gasteiger partial charge in [0.05, 0.1) is 29.7 Å². The number of allylic oxidation sites excluding steroid dienone is 2. The second-order valence-electron chi connectivity index (χ2n) is 10.0. The van der Waals surface area contributed by atoms with Gasteiger partial charge in [-0.3, -0.25) is 14.5 Å². The summed E-state index contributed by atoms with van der Waals surface area (Å²) in [6.07, 6.45) is 7.84. The van der Waals surface area contributed by atoms with Gasteiger partial charge in [-0.15, -0.1) is 0 Å². The lowest BCUT2D eigenvalue weighted by atomic mass is 9.86. The number of carbonyl (C=O) groups excluding carboxylic acids is 2. The first-order valence-electron chi connectivity index (χ1n) is 13.8. The predicted octanol–water partition coefficient (Wildman–Crippen LogP) is 5.81. The first-order chi connectivity index (χ1) is 19.9. The Bertz CT molecular complexity index is 1510. The minimum atomic E-state index is -0.355. The topological polar surface area (TPSA) is 65.0 Å². The van der Waals surface area contributed by atoms with Gasteiger partial charge in [0.25, 0.3) is 5.91 Å². The molecule has 1 N–H and O–H groups in total. The number of hydrogen-bond acceptors (Lipinski definition) is 4. The quantitative estimate of drug-likeness (QED) is 0.382.